The van der Waals surface area contributed by atoms with Crippen molar-refractivity contribution in [3.63, 3.8) is 0 Å². The summed E-state index contributed by atoms with van der Waals surface area (Å²) in [5.74, 6) is 1.47. The number of nitrogens with one attached hydrogen (secondary N) is 1. The maximum atomic E-state index is 11.3. The molecule has 0 aromatic heterocycles. The van der Waals surface area contributed by atoms with E-state index in [1.165, 1.54) is 7.11 Å². The van der Waals surface area contributed by atoms with Crippen molar-refractivity contribution in [3.8, 4) is 12.3 Å². The van der Waals surface area contributed by atoms with Gasteiger partial charge in [0.2, 0.25) is 5.91 Å². The molecule has 0 aliphatic heterocycles. The first kappa shape index (κ1) is 12.5. The van der Waals surface area contributed by atoms with Gasteiger partial charge in [0, 0.05) is 23.4 Å². The molecule has 0 spiro atoms. The second-order valence-electron chi connectivity index (χ2n) is 3.07. The van der Waals surface area contributed by atoms with E-state index in [9.17, 15) is 9.59 Å². The molecule has 0 atom stereocenters. The van der Waals surface area contributed by atoms with Gasteiger partial charge in [-0.1, -0.05) is 5.92 Å². The summed E-state index contributed by atoms with van der Waals surface area (Å²) < 4.78 is 4.35. The van der Waals surface area contributed by atoms with Crippen LogP contribution in [-0.2, 0) is 14.3 Å². The van der Waals surface area contributed by atoms with Gasteiger partial charge in [0.15, 0.2) is 0 Å². The lowest BCUT2D eigenvalue weighted by atomic mass is 10.2. The summed E-state index contributed by atoms with van der Waals surface area (Å²) in [6.45, 7) is 0. The fourth-order valence-corrected chi connectivity index (χ4v) is 1.05. The zero-order valence-corrected chi connectivity index (χ0v) is 9.27. The molecule has 0 saturated carbocycles. The second kappa shape index (κ2) is 6.13. The Morgan fingerprint density at radius 2 is 1.94 bits per heavy atom. The Bertz CT molecular complexity index is 480. The summed E-state index contributed by atoms with van der Waals surface area (Å²) in [5, 5.41) is 2.57. The number of carbonyl (C=O) groups excluding carboxylic acids is 2. The van der Waals surface area contributed by atoms with Crippen LogP contribution in [0.25, 0.3) is 0 Å². The predicted molar refractivity (Wildman–Crippen MR) is 64.2 cm³/mol. The van der Waals surface area contributed by atoms with Gasteiger partial charge in [0.05, 0.1) is 7.11 Å². The normalized spacial score (nSPS) is 9.65. The number of hydrogen-bond acceptors (Lipinski definition) is 3. The Balaban J connectivity index is 2.59. The van der Waals surface area contributed by atoms with Crippen molar-refractivity contribution in [3.05, 3.63) is 42.0 Å². The number of hydrogen-bond donors (Lipinski definition) is 1. The first-order valence-electron chi connectivity index (χ1n) is 4.79. The lowest BCUT2D eigenvalue weighted by molar-refractivity contribution is -0.135. The number of amides is 1. The molecule has 1 aromatic rings. The summed E-state index contributed by atoms with van der Waals surface area (Å²) in [4.78, 5) is 22.1. The van der Waals surface area contributed by atoms with E-state index < -0.39 is 11.9 Å². The van der Waals surface area contributed by atoms with Crippen LogP contribution in [0.1, 0.15) is 5.56 Å². The van der Waals surface area contributed by atoms with Crippen molar-refractivity contribution >= 4 is 17.6 Å². The molecule has 0 aliphatic rings. The summed E-state index contributed by atoms with van der Waals surface area (Å²) in [5.41, 5.74) is 1.33. The van der Waals surface area contributed by atoms with Crippen molar-refractivity contribution in [1.82, 2.24) is 0 Å². The van der Waals surface area contributed by atoms with Crippen LogP contribution in [0.3, 0.4) is 0 Å². The Labute approximate surface area is 99.3 Å². The highest BCUT2D eigenvalue weighted by atomic mass is 16.5. The van der Waals surface area contributed by atoms with Gasteiger partial charge in [-0.05, 0) is 24.3 Å². The van der Waals surface area contributed by atoms with E-state index in [-0.39, 0.29) is 0 Å². The average Bonchev–Trinajstić information content (AvgIpc) is 2.36. The molecule has 86 valence electrons. The third kappa shape index (κ3) is 4.22. The summed E-state index contributed by atoms with van der Waals surface area (Å²) in [6, 6.07) is 6.78. The standard InChI is InChI=1S/C13H11NO3/c1-3-10-4-6-11(7-5-10)14-12(15)8-9-13(16)17-2/h1,4-9H,2H3,(H,14,15)/b9-8-. The molecule has 1 amide bonds. The highest BCUT2D eigenvalue weighted by Gasteiger charge is 1.99. The number of rotatable bonds is 3. The SMILES string of the molecule is C#Cc1ccc(NC(=O)/C=C\C(=O)OC)cc1. The van der Waals surface area contributed by atoms with E-state index in [0.717, 1.165) is 17.7 Å². The lowest BCUT2D eigenvalue weighted by Crippen LogP contribution is -2.08. The maximum Gasteiger partial charge on any atom is 0.330 e. The molecule has 0 fully saturated rings. The van der Waals surface area contributed by atoms with Crippen molar-refractivity contribution in [2.24, 2.45) is 0 Å². The zero-order valence-electron chi connectivity index (χ0n) is 9.27. The quantitative estimate of drug-likeness (QED) is 0.483. The fraction of sp³-hybridized carbons (Fsp3) is 0.0769. The Hall–Kier alpha value is -2.54. The molecule has 1 rings (SSSR count). The van der Waals surface area contributed by atoms with Crippen molar-refractivity contribution in [1.29, 1.82) is 0 Å². The first-order chi connectivity index (χ1) is 8.15. The minimum Gasteiger partial charge on any atom is -0.466 e. The van der Waals surface area contributed by atoms with E-state index in [1.54, 1.807) is 24.3 Å². The predicted octanol–water partition coefficient (Wildman–Crippen LogP) is 1.34. The van der Waals surface area contributed by atoms with Crippen LogP contribution in [-0.4, -0.2) is 19.0 Å². The first-order valence-corrected chi connectivity index (χ1v) is 4.79. The van der Waals surface area contributed by atoms with E-state index >= 15 is 0 Å². The molecule has 1 N–H and O–H groups in total. The molecular formula is C13H11NO3. The number of methoxy groups -OCH3 is 1. The third-order valence-corrected chi connectivity index (χ3v) is 1.89. The highest BCUT2D eigenvalue weighted by molar-refractivity contribution is 6.02. The van der Waals surface area contributed by atoms with Crippen LogP contribution in [0.15, 0.2) is 36.4 Å². The number of benzene rings is 1. The third-order valence-electron chi connectivity index (χ3n) is 1.89. The van der Waals surface area contributed by atoms with Crippen molar-refractivity contribution < 1.29 is 14.3 Å². The van der Waals surface area contributed by atoms with Crippen LogP contribution < -0.4 is 5.32 Å². The van der Waals surface area contributed by atoms with Crippen LogP contribution in [0.5, 0.6) is 0 Å². The molecule has 4 nitrogen and oxygen atoms in total. The number of esters is 1. The molecular weight excluding hydrogens is 218 g/mol. The van der Waals surface area contributed by atoms with E-state index in [0.29, 0.717) is 5.69 Å². The van der Waals surface area contributed by atoms with Crippen LogP contribution >= 0.6 is 0 Å². The van der Waals surface area contributed by atoms with Gasteiger partial charge in [-0.25, -0.2) is 4.79 Å². The highest BCUT2D eigenvalue weighted by Crippen LogP contribution is 2.08. The van der Waals surface area contributed by atoms with Crippen LogP contribution in [0.4, 0.5) is 5.69 Å². The summed E-state index contributed by atoms with van der Waals surface area (Å²) in [6.07, 6.45) is 7.34. The Kier molecular flexibility index (Phi) is 4.52. The Morgan fingerprint density at radius 3 is 2.47 bits per heavy atom. The monoisotopic (exact) mass is 229 g/mol. The molecule has 4 heteroatoms. The smallest absolute Gasteiger partial charge is 0.330 e. The average molecular weight is 229 g/mol. The van der Waals surface area contributed by atoms with Gasteiger partial charge in [-0.2, -0.15) is 0 Å². The van der Waals surface area contributed by atoms with E-state index in [4.69, 9.17) is 6.42 Å². The van der Waals surface area contributed by atoms with Crippen LogP contribution in [0.2, 0.25) is 0 Å². The molecule has 0 aliphatic carbocycles. The molecule has 0 saturated heterocycles. The largest absolute Gasteiger partial charge is 0.466 e. The molecule has 17 heavy (non-hydrogen) atoms. The second-order valence-corrected chi connectivity index (χ2v) is 3.07. The molecule has 1 aromatic carbocycles. The molecule has 0 radical (unpaired) electrons. The van der Waals surface area contributed by atoms with Gasteiger partial charge in [-0.15, -0.1) is 6.42 Å². The number of anilines is 1. The number of terminal acetylenes is 1. The minimum atomic E-state index is -0.581. The molecule has 0 unspecified atom stereocenters. The van der Waals surface area contributed by atoms with Gasteiger partial charge >= 0.3 is 5.97 Å². The summed E-state index contributed by atoms with van der Waals surface area (Å²) in [7, 11) is 1.24. The van der Waals surface area contributed by atoms with Crippen molar-refractivity contribution in [2.45, 2.75) is 0 Å². The zero-order chi connectivity index (χ0) is 12.7. The van der Waals surface area contributed by atoms with Gasteiger partial charge in [-0.3, -0.25) is 4.79 Å². The van der Waals surface area contributed by atoms with Gasteiger partial charge in [0.25, 0.3) is 0 Å². The number of ether oxygens (including phenoxy) is 1. The maximum absolute atomic E-state index is 11.3. The van der Waals surface area contributed by atoms with E-state index in [2.05, 4.69) is 16.0 Å². The molecule has 0 heterocycles. The topological polar surface area (TPSA) is 55.4 Å². The van der Waals surface area contributed by atoms with Crippen molar-refractivity contribution in [2.75, 3.05) is 12.4 Å². The Morgan fingerprint density at radius 1 is 1.29 bits per heavy atom. The molecule has 0 bridgehead atoms. The minimum absolute atomic E-state index is 0.413. The van der Waals surface area contributed by atoms with Gasteiger partial charge < -0.3 is 10.1 Å². The lowest BCUT2D eigenvalue weighted by Gasteiger charge is -2.01. The number of carbonyl (C=O) groups is 2. The van der Waals surface area contributed by atoms with E-state index in [1.807, 2.05) is 0 Å². The van der Waals surface area contributed by atoms with Gasteiger partial charge in [0.1, 0.15) is 0 Å². The summed E-state index contributed by atoms with van der Waals surface area (Å²) >= 11 is 0. The fourth-order valence-electron chi connectivity index (χ4n) is 1.05. The van der Waals surface area contributed by atoms with Crippen LogP contribution in [0, 0.1) is 12.3 Å².